The van der Waals surface area contributed by atoms with Gasteiger partial charge >= 0.3 is 0 Å². The number of aromatic nitrogens is 1. The van der Waals surface area contributed by atoms with Crippen molar-refractivity contribution in [1.29, 1.82) is 0 Å². The first-order valence-corrected chi connectivity index (χ1v) is 10.4. The van der Waals surface area contributed by atoms with Crippen molar-refractivity contribution in [2.24, 2.45) is 5.10 Å². The quantitative estimate of drug-likeness (QED) is 0.465. The van der Waals surface area contributed by atoms with Crippen LogP contribution in [0.4, 0.5) is 5.69 Å². The second-order valence-electron chi connectivity index (χ2n) is 7.64. The summed E-state index contributed by atoms with van der Waals surface area (Å²) in [4.78, 5) is 1.94. The maximum absolute atomic E-state index is 10.5. The number of phenolic OH excluding ortho intramolecular Hbond substituents is 2. The zero-order chi connectivity index (χ0) is 20.7. The Kier molecular flexibility index (Phi) is 5.08. The van der Waals surface area contributed by atoms with E-state index in [0.29, 0.717) is 11.4 Å². The molecule has 0 saturated carbocycles. The number of thiol groups is 1. The number of hydrazone groups is 1. The molecule has 6 nitrogen and oxygen atoms in total. The molecule has 7 heteroatoms. The average molecular weight is 411 g/mol. The van der Waals surface area contributed by atoms with Gasteiger partial charge in [-0.3, -0.25) is 10.3 Å². The third-order valence-corrected chi connectivity index (χ3v) is 5.61. The Bertz CT molecular complexity index is 1090. The molecule has 1 aromatic heterocycles. The standard InChI is InChI=1S/C22H26N4O2S/c1-4-8-25-9-7-14-10-15(5-6-18(14)25)26-21(23-24-22(26)29)17-11-16(13(2)3)19(27)12-20(17)28/h5-7,9-13,22,24,27-29H,4,8H2,1-3H3. The molecule has 0 radical (unpaired) electrons. The third-order valence-electron chi connectivity index (χ3n) is 5.26. The molecule has 1 unspecified atom stereocenters. The van der Waals surface area contributed by atoms with E-state index in [4.69, 9.17) is 0 Å². The normalized spacial score (nSPS) is 16.5. The van der Waals surface area contributed by atoms with E-state index < -0.39 is 0 Å². The Labute approximate surface area is 175 Å². The predicted molar refractivity (Wildman–Crippen MR) is 121 cm³/mol. The fourth-order valence-electron chi connectivity index (χ4n) is 3.81. The second-order valence-corrected chi connectivity index (χ2v) is 8.13. The monoisotopic (exact) mass is 410 g/mol. The van der Waals surface area contributed by atoms with Gasteiger partial charge in [-0.2, -0.15) is 5.10 Å². The van der Waals surface area contributed by atoms with E-state index in [1.54, 1.807) is 6.07 Å². The summed E-state index contributed by atoms with van der Waals surface area (Å²) in [5.74, 6) is 0.742. The molecule has 0 amide bonds. The summed E-state index contributed by atoms with van der Waals surface area (Å²) in [6, 6.07) is 11.5. The second kappa shape index (κ2) is 7.55. The molecule has 152 valence electrons. The number of amidine groups is 1. The summed E-state index contributed by atoms with van der Waals surface area (Å²) in [5, 5.41) is 26.3. The van der Waals surface area contributed by atoms with Crippen molar-refractivity contribution in [2.45, 2.75) is 45.2 Å². The minimum atomic E-state index is -0.365. The third kappa shape index (κ3) is 3.40. The number of hydrogen-bond acceptors (Lipinski definition) is 6. The fraction of sp³-hybridized carbons (Fsp3) is 0.318. The number of nitrogens with one attached hydrogen (secondary N) is 1. The van der Waals surface area contributed by atoms with Crippen molar-refractivity contribution in [3.8, 4) is 11.5 Å². The Morgan fingerprint density at radius 3 is 2.66 bits per heavy atom. The van der Waals surface area contributed by atoms with Gasteiger partial charge in [-0.1, -0.05) is 20.8 Å². The zero-order valence-corrected chi connectivity index (χ0v) is 17.7. The predicted octanol–water partition coefficient (Wildman–Crippen LogP) is 4.57. The molecule has 0 saturated heterocycles. The molecule has 1 aliphatic heterocycles. The summed E-state index contributed by atoms with van der Waals surface area (Å²) in [5.41, 5.74) is 6.04. The average Bonchev–Trinajstić information content (AvgIpc) is 3.25. The van der Waals surface area contributed by atoms with E-state index in [9.17, 15) is 10.2 Å². The van der Waals surface area contributed by atoms with Crippen LogP contribution in [-0.2, 0) is 6.54 Å². The van der Waals surface area contributed by atoms with E-state index in [1.807, 2.05) is 24.8 Å². The minimum Gasteiger partial charge on any atom is -0.508 e. The van der Waals surface area contributed by atoms with Crippen molar-refractivity contribution >= 4 is 35.1 Å². The molecule has 0 aliphatic carbocycles. The Balaban J connectivity index is 1.77. The van der Waals surface area contributed by atoms with Crippen LogP contribution in [0.25, 0.3) is 10.9 Å². The van der Waals surface area contributed by atoms with Gasteiger partial charge in [0.25, 0.3) is 0 Å². The van der Waals surface area contributed by atoms with E-state index in [-0.39, 0.29) is 22.9 Å². The maximum atomic E-state index is 10.5. The summed E-state index contributed by atoms with van der Waals surface area (Å²) in [7, 11) is 0. The van der Waals surface area contributed by atoms with Gasteiger partial charge in [-0.05, 0) is 48.2 Å². The number of anilines is 1. The lowest BCUT2D eigenvalue weighted by Gasteiger charge is -2.25. The highest BCUT2D eigenvalue weighted by Crippen LogP contribution is 2.36. The van der Waals surface area contributed by atoms with Crippen LogP contribution in [0, 0.1) is 0 Å². The number of aryl methyl sites for hydroxylation is 1. The molecule has 1 atom stereocenters. The number of rotatable bonds is 5. The van der Waals surface area contributed by atoms with Gasteiger partial charge in [0.05, 0.1) is 5.56 Å². The lowest BCUT2D eigenvalue weighted by atomic mass is 9.98. The van der Waals surface area contributed by atoms with Crippen molar-refractivity contribution in [3.05, 3.63) is 53.7 Å². The van der Waals surface area contributed by atoms with Crippen molar-refractivity contribution in [3.63, 3.8) is 0 Å². The topological polar surface area (TPSA) is 73.0 Å². The lowest BCUT2D eigenvalue weighted by molar-refractivity contribution is 0.443. The maximum Gasteiger partial charge on any atom is 0.166 e. The minimum absolute atomic E-state index is 0.0185. The molecule has 0 fully saturated rings. The van der Waals surface area contributed by atoms with Gasteiger partial charge < -0.3 is 14.8 Å². The molecule has 0 spiro atoms. The van der Waals surface area contributed by atoms with Crippen molar-refractivity contribution in [2.75, 3.05) is 4.90 Å². The largest absolute Gasteiger partial charge is 0.508 e. The van der Waals surface area contributed by atoms with Crippen LogP contribution in [0.15, 0.2) is 47.7 Å². The molecule has 2 heterocycles. The lowest BCUT2D eigenvalue weighted by Crippen LogP contribution is -2.36. The Morgan fingerprint density at radius 2 is 1.93 bits per heavy atom. The summed E-state index contributed by atoms with van der Waals surface area (Å²) >= 11 is 4.63. The Morgan fingerprint density at radius 1 is 1.14 bits per heavy atom. The first kappa shape index (κ1) is 19.5. The van der Waals surface area contributed by atoms with Gasteiger partial charge in [-0.25, -0.2) is 0 Å². The Hall–Kier alpha value is -2.80. The highest BCUT2D eigenvalue weighted by atomic mass is 32.1. The summed E-state index contributed by atoms with van der Waals surface area (Å²) in [6.07, 6.45) is 3.18. The fourth-order valence-corrected chi connectivity index (χ4v) is 4.11. The van der Waals surface area contributed by atoms with E-state index in [2.05, 4.69) is 59.0 Å². The van der Waals surface area contributed by atoms with Gasteiger partial charge in [0.15, 0.2) is 11.3 Å². The molecular formula is C22H26N4O2S. The van der Waals surface area contributed by atoms with E-state index in [1.165, 1.54) is 11.6 Å². The molecule has 0 bridgehead atoms. The molecule has 1 aliphatic rings. The van der Waals surface area contributed by atoms with Crippen LogP contribution in [0.3, 0.4) is 0 Å². The number of hydrogen-bond donors (Lipinski definition) is 4. The summed E-state index contributed by atoms with van der Waals surface area (Å²) < 4.78 is 2.25. The number of nitrogens with zero attached hydrogens (tertiary/aromatic N) is 3. The highest BCUT2D eigenvalue weighted by Gasteiger charge is 2.30. The van der Waals surface area contributed by atoms with Gasteiger partial charge in [0.1, 0.15) is 11.5 Å². The smallest absolute Gasteiger partial charge is 0.166 e. The van der Waals surface area contributed by atoms with Crippen molar-refractivity contribution in [1.82, 2.24) is 9.99 Å². The molecule has 3 aromatic rings. The molecular weight excluding hydrogens is 384 g/mol. The highest BCUT2D eigenvalue weighted by molar-refractivity contribution is 7.81. The van der Waals surface area contributed by atoms with Crippen LogP contribution in [0.2, 0.25) is 0 Å². The number of phenols is 2. The van der Waals surface area contributed by atoms with Crippen molar-refractivity contribution < 1.29 is 10.2 Å². The number of aromatic hydroxyl groups is 2. The SMILES string of the molecule is CCCn1ccc2cc(N3C(c4cc(C(C)C)c(O)cc4O)=NNC3S)ccc21. The number of fused-ring (bicyclic) bond motifs is 1. The molecule has 4 rings (SSSR count). The van der Waals surface area contributed by atoms with E-state index >= 15 is 0 Å². The van der Waals surface area contributed by atoms with Crippen LogP contribution in [0.1, 0.15) is 44.2 Å². The zero-order valence-electron chi connectivity index (χ0n) is 16.8. The summed E-state index contributed by atoms with van der Waals surface area (Å²) in [6.45, 7) is 7.15. The van der Waals surface area contributed by atoms with Crippen LogP contribution in [0.5, 0.6) is 11.5 Å². The first-order valence-electron chi connectivity index (χ1n) is 9.86. The molecule has 2 aromatic carbocycles. The van der Waals surface area contributed by atoms with Crippen LogP contribution in [-0.4, -0.2) is 26.1 Å². The van der Waals surface area contributed by atoms with Gasteiger partial charge in [-0.15, -0.1) is 12.6 Å². The van der Waals surface area contributed by atoms with Crippen LogP contribution >= 0.6 is 12.6 Å². The molecule has 3 N–H and O–H groups in total. The van der Waals surface area contributed by atoms with Crippen LogP contribution < -0.4 is 10.3 Å². The van der Waals surface area contributed by atoms with Gasteiger partial charge in [0, 0.05) is 35.4 Å². The molecule has 29 heavy (non-hydrogen) atoms. The van der Waals surface area contributed by atoms with E-state index in [0.717, 1.165) is 29.6 Å². The van der Waals surface area contributed by atoms with Gasteiger partial charge in [0.2, 0.25) is 0 Å². The number of benzene rings is 2. The first-order chi connectivity index (χ1) is 13.9.